The molecule has 0 radical (unpaired) electrons. The third-order valence-electron chi connectivity index (χ3n) is 5.09. The van der Waals surface area contributed by atoms with E-state index >= 15 is 0 Å². The minimum absolute atomic E-state index is 0.0620. The molecule has 0 unspecified atom stereocenters. The first-order valence-electron chi connectivity index (χ1n) is 9.43. The van der Waals surface area contributed by atoms with Gasteiger partial charge in [0.05, 0.1) is 17.2 Å². The number of rotatable bonds is 4. The molecule has 4 aromatic rings. The maximum atomic E-state index is 12.9. The predicted octanol–water partition coefficient (Wildman–Crippen LogP) is 4.98. The molecule has 0 saturated carbocycles. The van der Waals surface area contributed by atoms with Gasteiger partial charge in [-0.3, -0.25) is 4.79 Å². The summed E-state index contributed by atoms with van der Waals surface area (Å²) in [6.07, 6.45) is 5.42. The molecule has 29 heavy (non-hydrogen) atoms. The Morgan fingerprint density at radius 3 is 2.83 bits per heavy atom. The molecule has 6 heteroatoms. The molecule has 1 aliphatic rings. The van der Waals surface area contributed by atoms with Gasteiger partial charge in [0.2, 0.25) is 0 Å². The van der Waals surface area contributed by atoms with E-state index in [1.807, 2.05) is 72.3 Å². The topological polar surface area (TPSA) is 56.1 Å². The highest BCUT2D eigenvalue weighted by molar-refractivity contribution is 7.17. The number of hydrogen-bond donors (Lipinski definition) is 1. The molecule has 0 aliphatic carbocycles. The van der Waals surface area contributed by atoms with Gasteiger partial charge >= 0.3 is 0 Å². The van der Waals surface area contributed by atoms with E-state index < -0.39 is 0 Å². The van der Waals surface area contributed by atoms with E-state index in [1.165, 1.54) is 11.3 Å². The molecular weight excluding hydrogens is 382 g/mol. The van der Waals surface area contributed by atoms with Gasteiger partial charge in [0.15, 0.2) is 0 Å². The van der Waals surface area contributed by atoms with Crippen molar-refractivity contribution < 1.29 is 9.53 Å². The first kappa shape index (κ1) is 17.7. The maximum Gasteiger partial charge on any atom is 0.261 e. The highest BCUT2D eigenvalue weighted by Crippen LogP contribution is 2.42. The number of nitrogens with zero attached hydrogens (tertiary/aromatic N) is 2. The van der Waals surface area contributed by atoms with E-state index in [2.05, 4.69) is 10.3 Å². The van der Waals surface area contributed by atoms with E-state index in [4.69, 9.17) is 4.74 Å². The normalized spacial score (nSPS) is 13.1. The van der Waals surface area contributed by atoms with Crippen LogP contribution in [0.2, 0.25) is 0 Å². The Labute approximate surface area is 172 Å². The number of amides is 1. The average Bonchev–Trinajstić information content (AvgIpc) is 3.44. The zero-order valence-electron chi connectivity index (χ0n) is 15.8. The summed E-state index contributed by atoms with van der Waals surface area (Å²) in [7, 11) is 0. The minimum Gasteiger partial charge on any atom is -0.488 e. The third kappa shape index (κ3) is 3.32. The molecular formula is C23H19N3O2S. The van der Waals surface area contributed by atoms with Crippen LogP contribution in [0.15, 0.2) is 73.3 Å². The van der Waals surface area contributed by atoms with Gasteiger partial charge in [-0.25, -0.2) is 4.98 Å². The second-order valence-electron chi connectivity index (χ2n) is 7.01. The molecule has 3 heterocycles. The molecule has 1 aliphatic heterocycles. The summed E-state index contributed by atoms with van der Waals surface area (Å²) >= 11 is 1.52. The monoisotopic (exact) mass is 401 g/mol. The van der Waals surface area contributed by atoms with Crippen LogP contribution >= 0.6 is 11.3 Å². The summed E-state index contributed by atoms with van der Waals surface area (Å²) in [5.41, 5.74) is 4.21. The number of aromatic nitrogens is 2. The molecule has 5 nitrogen and oxygen atoms in total. The van der Waals surface area contributed by atoms with Crippen molar-refractivity contribution in [2.45, 2.75) is 19.6 Å². The Morgan fingerprint density at radius 1 is 1.21 bits per heavy atom. The number of hydrogen-bond acceptors (Lipinski definition) is 4. The highest BCUT2D eigenvalue weighted by Gasteiger charge is 2.23. The number of thiophene rings is 1. The van der Waals surface area contributed by atoms with Crippen LogP contribution in [0.1, 0.15) is 33.8 Å². The van der Waals surface area contributed by atoms with Crippen LogP contribution in [0.4, 0.5) is 0 Å². The minimum atomic E-state index is -0.0954. The zero-order valence-corrected chi connectivity index (χ0v) is 16.6. The quantitative estimate of drug-likeness (QED) is 0.524. The Kier molecular flexibility index (Phi) is 4.41. The smallest absolute Gasteiger partial charge is 0.261 e. The zero-order chi connectivity index (χ0) is 19.8. The Hall–Kier alpha value is -3.38. The van der Waals surface area contributed by atoms with Crippen LogP contribution in [0.3, 0.4) is 0 Å². The molecule has 0 bridgehead atoms. The molecule has 5 rings (SSSR count). The number of carbonyl (C=O) groups is 1. The number of nitrogens with one attached hydrogen (secondary N) is 1. The number of imidazole rings is 1. The van der Waals surface area contributed by atoms with Crippen molar-refractivity contribution in [2.75, 3.05) is 0 Å². The number of ether oxygens (including phenoxy) is 1. The van der Waals surface area contributed by atoms with Crippen molar-refractivity contribution in [3.8, 4) is 21.9 Å². The van der Waals surface area contributed by atoms with Gasteiger partial charge in [-0.15, -0.1) is 11.3 Å². The van der Waals surface area contributed by atoms with E-state index in [0.717, 1.165) is 33.0 Å². The van der Waals surface area contributed by atoms with E-state index in [9.17, 15) is 4.79 Å². The van der Waals surface area contributed by atoms with Gasteiger partial charge in [-0.2, -0.15) is 0 Å². The van der Waals surface area contributed by atoms with Crippen LogP contribution in [-0.2, 0) is 6.61 Å². The van der Waals surface area contributed by atoms with Gasteiger partial charge in [0, 0.05) is 34.1 Å². The van der Waals surface area contributed by atoms with Gasteiger partial charge in [0.25, 0.3) is 5.91 Å². The lowest BCUT2D eigenvalue weighted by Crippen LogP contribution is -2.25. The summed E-state index contributed by atoms with van der Waals surface area (Å²) in [6, 6.07) is 17.9. The molecule has 1 N–H and O–H groups in total. The SMILES string of the molecule is C[C@@H](NC(=O)c1cc2c(s1)-c1ccccc1OC2)c1ccc(-n2ccnc2)cc1. The van der Waals surface area contributed by atoms with Gasteiger partial charge in [0.1, 0.15) is 12.4 Å². The maximum absolute atomic E-state index is 12.9. The molecule has 1 amide bonds. The lowest BCUT2D eigenvalue weighted by molar-refractivity contribution is 0.0944. The largest absolute Gasteiger partial charge is 0.488 e. The summed E-state index contributed by atoms with van der Waals surface area (Å²) in [5.74, 6) is 0.813. The predicted molar refractivity (Wildman–Crippen MR) is 114 cm³/mol. The Bertz CT molecular complexity index is 1160. The summed E-state index contributed by atoms with van der Waals surface area (Å²) in [5, 5.41) is 3.11. The highest BCUT2D eigenvalue weighted by atomic mass is 32.1. The van der Waals surface area contributed by atoms with Crippen molar-refractivity contribution in [1.82, 2.24) is 14.9 Å². The van der Waals surface area contributed by atoms with E-state index in [-0.39, 0.29) is 11.9 Å². The second kappa shape index (κ2) is 7.22. The molecule has 2 aromatic carbocycles. The average molecular weight is 401 g/mol. The second-order valence-corrected chi connectivity index (χ2v) is 8.06. The fraction of sp³-hybridized carbons (Fsp3) is 0.130. The van der Waals surface area contributed by atoms with Gasteiger partial charge in [-0.1, -0.05) is 24.3 Å². The molecule has 0 spiro atoms. The van der Waals surface area contributed by atoms with Crippen LogP contribution in [0.25, 0.3) is 16.1 Å². The molecule has 1 atom stereocenters. The van der Waals surface area contributed by atoms with Crippen LogP contribution in [-0.4, -0.2) is 15.5 Å². The van der Waals surface area contributed by atoms with Crippen molar-refractivity contribution >= 4 is 17.2 Å². The first-order chi connectivity index (χ1) is 14.2. The van der Waals surface area contributed by atoms with Crippen molar-refractivity contribution in [3.63, 3.8) is 0 Å². The van der Waals surface area contributed by atoms with E-state index in [0.29, 0.717) is 11.5 Å². The van der Waals surface area contributed by atoms with Crippen molar-refractivity contribution in [3.05, 3.63) is 89.3 Å². The summed E-state index contributed by atoms with van der Waals surface area (Å²) in [6.45, 7) is 2.50. The summed E-state index contributed by atoms with van der Waals surface area (Å²) < 4.78 is 7.75. The Morgan fingerprint density at radius 2 is 2.03 bits per heavy atom. The number of benzene rings is 2. The molecule has 2 aromatic heterocycles. The molecule has 0 fully saturated rings. The van der Waals surface area contributed by atoms with Crippen LogP contribution < -0.4 is 10.1 Å². The fourth-order valence-corrected chi connectivity index (χ4v) is 4.61. The lowest BCUT2D eigenvalue weighted by Gasteiger charge is -2.16. The van der Waals surface area contributed by atoms with E-state index in [1.54, 1.807) is 12.5 Å². The summed E-state index contributed by atoms with van der Waals surface area (Å²) in [4.78, 5) is 18.8. The number of para-hydroxylation sites is 1. The fourth-order valence-electron chi connectivity index (χ4n) is 3.51. The van der Waals surface area contributed by atoms with Gasteiger partial charge in [-0.05, 0) is 42.8 Å². The Balaban J connectivity index is 1.33. The first-order valence-corrected chi connectivity index (χ1v) is 10.2. The number of fused-ring (bicyclic) bond motifs is 3. The molecule has 0 saturated heterocycles. The standard InChI is InChI=1S/C23H19N3O2S/c1-15(16-6-8-18(9-7-16)26-11-10-24-14-26)25-23(27)21-12-17-13-28-20-5-3-2-4-19(20)22(17)29-21/h2-12,14-15H,13H2,1H3,(H,25,27)/t15-/m1/s1. The van der Waals surface area contributed by atoms with Crippen LogP contribution in [0, 0.1) is 0 Å². The number of carbonyl (C=O) groups excluding carboxylic acids is 1. The third-order valence-corrected chi connectivity index (χ3v) is 6.30. The lowest BCUT2D eigenvalue weighted by atomic mass is 10.1. The van der Waals surface area contributed by atoms with Gasteiger partial charge < -0.3 is 14.6 Å². The van der Waals surface area contributed by atoms with Crippen LogP contribution in [0.5, 0.6) is 5.75 Å². The van der Waals surface area contributed by atoms with Crippen molar-refractivity contribution in [2.24, 2.45) is 0 Å². The van der Waals surface area contributed by atoms with Crippen molar-refractivity contribution in [1.29, 1.82) is 0 Å². The molecule has 144 valence electrons.